The maximum absolute atomic E-state index is 3.81. The number of hydrogen-bond acceptors (Lipinski definition) is 1. The first-order chi connectivity index (χ1) is 11.3. The summed E-state index contributed by atoms with van der Waals surface area (Å²) in [6, 6.07) is 24.6. The van der Waals surface area contributed by atoms with E-state index in [1.165, 1.54) is 40.3 Å². The molecule has 1 aliphatic rings. The van der Waals surface area contributed by atoms with Gasteiger partial charge in [-0.15, -0.1) is 0 Å². The standard InChI is InChI=1S/C22H23N/c1-16-5-4-8-20(13-16)22(23-15-17-9-10-17)21-12-11-18-6-2-3-7-19(18)14-21/h2-8,11-14,17,22-23H,9-10,15H2,1H3. The van der Waals surface area contributed by atoms with Crippen molar-refractivity contribution >= 4 is 10.8 Å². The molecule has 1 atom stereocenters. The molecule has 0 radical (unpaired) electrons. The molecule has 0 heterocycles. The molecule has 0 bridgehead atoms. The smallest absolute Gasteiger partial charge is 0.0577 e. The summed E-state index contributed by atoms with van der Waals surface area (Å²) >= 11 is 0. The highest BCUT2D eigenvalue weighted by molar-refractivity contribution is 5.83. The minimum absolute atomic E-state index is 0.278. The fraction of sp³-hybridized carbons (Fsp3) is 0.273. The Morgan fingerprint density at radius 2 is 1.65 bits per heavy atom. The molecule has 3 aromatic rings. The first-order valence-corrected chi connectivity index (χ1v) is 8.58. The van der Waals surface area contributed by atoms with Crippen molar-refractivity contribution in [2.75, 3.05) is 6.54 Å². The molecular formula is C22H23N. The fourth-order valence-electron chi connectivity index (χ4n) is 3.27. The van der Waals surface area contributed by atoms with E-state index in [0.29, 0.717) is 0 Å². The number of aryl methyl sites for hydroxylation is 1. The highest BCUT2D eigenvalue weighted by atomic mass is 14.9. The number of fused-ring (bicyclic) bond motifs is 1. The zero-order valence-corrected chi connectivity index (χ0v) is 13.6. The van der Waals surface area contributed by atoms with Crippen LogP contribution in [0.15, 0.2) is 66.7 Å². The highest BCUT2D eigenvalue weighted by Gasteiger charge is 2.23. The number of hydrogen-bond donors (Lipinski definition) is 1. The summed E-state index contributed by atoms with van der Waals surface area (Å²) in [5.41, 5.74) is 4.04. The predicted octanol–water partition coefficient (Wildman–Crippen LogP) is 5.24. The molecule has 4 rings (SSSR count). The number of nitrogens with one attached hydrogen (secondary N) is 1. The lowest BCUT2D eigenvalue weighted by Crippen LogP contribution is -2.24. The molecule has 1 N–H and O–H groups in total. The Labute approximate surface area is 138 Å². The summed E-state index contributed by atoms with van der Waals surface area (Å²) < 4.78 is 0. The van der Waals surface area contributed by atoms with Gasteiger partial charge >= 0.3 is 0 Å². The third-order valence-electron chi connectivity index (χ3n) is 4.79. The molecule has 1 saturated carbocycles. The van der Waals surface area contributed by atoms with Crippen LogP contribution in [0.5, 0.6) is 0 Å². The normalized spacial score (nSPS) is 15.7. The molecule has 0 saturated heterocycles. The molecule has 0 aliphatic heterocycles. The maximum Gasteiger partial charge on any atom is 0.0577 e. The molecule has 1 fully saturated rings. The summed E-state index contributed by atoms with van der Waals surface area (Å²) in [6.07, 6.45) is 2.76. The van der Waals surface area contributed by atoms with Gasteiger partial charge in [-0.1, -0.05) is 66.2 Å². The van der Waals surface area contributed by atoms with Gasteiger partial charge in [-0.2, -0.15) is 0 Å². The van der Waals surface area contributed by atoms with Crippen LogP contribution >= 0.6 is 0 Å². The van der Waals surface area contributed by atoms with E-state index in [2.05, 4.69) is 79.0 Å². The molecule has 1 aliphatic carbocycles. The van der Waals surface area contributed by atoms with Crippen LogP contribution in [0.4, 0.5) is 0 Å². The molecule has 116 valence electrons. The van der Waals surface area contributed by atoms with Crippen molar-refractivity contribution < 1.29 is 0 Å². The molecular weight excluding hydrogens is 278 g/mol. The second kappa shape index (κ2) is 6.17. The first-order valence-electron chi connectivity index (χ1n) is 8.58. The Hall–Kier alpha value is -2.12. The van der Waals surface area contributed by atoms with Crippen LogP contribution in [0.3, 0.4) is 0 Å². The monoisotopic (exact) mass is 301 g/mol. The zero-order chi connectivity index (χ0) is 15.6. The quantitative estimate of drug-likeness (QED) is 0.680. The zero-order valence-electron chi connectivity index (χ0n) is 13.6. The third-order valence-corrected chi connectivity index (χ3v) is 4.79. The minimum atomic E-state index is 0.278. The van der Waals surface area contributed by atoms with E-state index in [4.69, 9.17) is 0 Å². The number of rotatable bonds is 5. The van der Waals surface area contributed by atoms with Gasteiger partial charge in [-0.05, 0) is 60.2 Å². The maximum atomic E-state index is 3.81. The third kappa shape index (κ3) is 3.30. The molecule has 0 amide bonds. The topological polar surface area (TPSA) is 12.0 Å². The lowest BCUT2D eigenvalue weighted by atomic mass is 9.95. The fourth-order valence-corrected chi connectivity index (χ4v) is 3.27. The molecule has 1 heteroatoms. The van der Waals surface area contributed by atoms with Gasteiger partial charge < -0.3 is 5.32 Å². The van der Waals surface area contributed by atoms with Gasteiger partial charge in [0.2, 0.25) is 0 Å². The Morgan fingerprint density at radius 1 is 0.870 bits per heavy atom. The van der Waals surface area contributed by atoms with E-state index in [-0.39, 0.29) is 6.04 Å². The van der Waals surface area contributed by atoms with Crippen molar-refractivity contribution in [1.82, 2.24) is 5.32 Å². The van der Waals surface area contributed by atoms with Crippen LogP contribution < -0.4 is 5.32 Å². The van der Waals surface area contributed by atoms with Gasteiger partial charge in [-0.3, -0.25) is 0 Å². The Morgan fingerprint density at radius 3 is 2.43 bits per heavy atom. The summed E-state index contributed by atoms with van der Waals surface area (Å²) in [6.45, 7) is 3.28. The van der Waals surface area contributed by atoms with Crippen molar-refractivity contribution in [3.05, 3.63) is 83.4 Å². The Balaban J connectivity index is 1.72. The molecule has 23 heavy (non-hydrogen) atoms. The van der Waals surface area contributed by atoms with Crippen LogP contribution in [-0.4, -0.2) is 6.54 Å². The van der Waals surface area contributed by atoms with E-state index < -0.39 is 0 Å². The molecule has 1 unspecified atom stereocenters. The Bertz CT molecular complexity index is 817. The SMILES string of the molecule is Cc1cccc(C(NCC2CC2)c2ccc3ccccc3c2)c1. The van der Waals surface area contributed by atoms with Crippen LogP contribution in [0.1, 0.15) is 35.6 Å². The van der Waals surface area contributed by atoms with Gasteiger partial charge in [0, 0.05) is 0 Å². The van der Waals surface area contributed by atoms with E-state index in [0.717, 1.165) is 12.5 Å². The van der Waals surface area contributed by atoms with E-state index >= 15 is 0 Å². The van der Waals surface area contributed by atoms with E-state index in [1.54, 1.807) is 0 Å². The lowest BCUT2D eigenvalue weighted by molar-refractivity contribution is 0.573. The largest absolute Gasteiger partial charge is 0.306 e. The van der Waals surface area contributed by atoms with Crippen LogP contribution in [-0.2, 0) is 0 Å². The van der Waals surface area contributed by atoms with E-state index in [1.807, 2.05) is 0 Å². The van der Waals surface area contributed by atoms with Gasteiger partial charge in [0.25, 0.3) is 0 Å². The molecule has 0 aromatic heterocycles. The van der Waals surface area contributed by atoms with Gasteiger partial charge in [0.05, 0.1) is 6.04 Å². The van der Waals surface area contributed by atoms with Crippen molar-refractivity contribution in [2.45, 2.75) is 25.8 Å². The van der Waals surface area contributed by atoms with Gasteiger partial charge in [0.1, 0.15) is 0 Å². The average Bonchev–Trinajstić information content (AvgIpc) is 3.39. The van der Waals surface area contributed by atoms with Crippen LogP contribution in [0, 0.1) is 12.8 Å². The summed E-state index contributed by atoms with van der Waals surface area (Å²) in [5.74, 6) is 0.878. The second-order valence-electron chi connectivity index (χ2n) is 6.81. The number of benzene rings is 3. The molecule has 0 spiro atoms. The van der Waals surface area contributed by atoms with Crippen LogP contribution in [0.25, 0.3) is 10.8 Å². The van der Waals surface area contributed by atoms with Crippen molar-refractivity contribution in [3.8, 4) is 0 Å². The van der Waals surface area contributed by atoms with Crippen LogP contribution in [0.2, 0.25) is 0 Å². The summed E-state index contributed by atoms with van der Waals surface area (Å²) in [5, 5.41) is 6.43. The molecule has 3 aromatic carbocycles. The minimum Gasteiger partial charge on any atom is -0.306 e. The Kier molecular flexibility index (Phi) is 3.88. The summed E-state index contributed by atoms with van der Waals surface area (Å²) in [7, 11) is 0. The predicted molar refractivity (Wildman–Crippen MR) is 97.7 cm³/mol. The van der Waals surface area contributed by atoms with Gasteiger partial charge in [0.15, 0.2) is 0 Å². The van der Waals surface area contributed by atoms with Crippen molar-refractivity contribution in [2.24, 2.45) is 5.92 Å². The lowest BCUT2D eigenvalue weighted by Gasteiger charge is -2.21. The van der Waals surface area contributed by atoms with Crippen molar-refractivity contribution in [3.63, 3.8) is 0 Å². The highest BCUT2D eigenvalue weighted by Crippen LogP contribution is 2.31. The summed E-state index contributed by atoms with van der Waals surface area (Å²) in [4.78, 5) is 0. The average molecular weight is 301 g/mol. The first kappa shape index (κ1) is 14.5. The molecule has 1 nitrogen and oxygen atoms in total. The van der Waals surface area contributed by atoms with E-state index in [9.17, 15) is 0 Å². The van der Waals surface area contributed by atoms with Gasteiger partial charge in [-0.25, -0.2) is 0 Å². The van der Waals surface area contributed by atoms with Crippen molar-refractivity contribution in [1.29, 1.82) is 0 Å². The second-order valence-corrected chi connectivity index (χ2v) is 6.81.